The van der Waals surface area contributed by atoms with E-state index in [0.29, 0.717) is 30.2 Å². The van der Waals surface area contributed by atoms with Gasteiger partial charge in [0.2, 0.25) is 0 Å². The molecule has 0 aromatic carbocycles. The van der Waals surface area contributed by atoms with Gasteiger partial charge in [0.25, 0.3) is 0 Å². The topological polar surface area (TPSA) is 73.4 Å². The van der Waals surface area contributed by atoms with Gasteiger partial charge < -0.3 is 15.4 Å². The van der Waals surface area contributed by atoms with Gasteiger partial charge in [-0.05, 0) is 21.0 Å². The van der Waals surface area contributed by atoms with E-state index in [2.05, 4.69) is 5.10 Å². The van der Waals surface area contributed by atoms with Crippen LogP contribution in [-0.2, 0) is 11.8 Å². The largest absolute Gasteiger partial charge is 0.460 e. The third-order valence-electron chi connectivity index (χ3n) is 2.23. The van der Waals surface area contributed by atoms with Crippen molar-refractivity contribution in [1.82, 2.24) is 14.7 Å². The summed E-state index contributed by atoms with van der Waals surface area (Å²) in [7, 11) is 5.50. The maximum Gasteiger partial charge on any atom is 0.358 e. The zero-order valence-electron chi connectivity index (χ0n) is 10.1. The molecule has 1 heterocycles. The van der Waals surface area contributed by atoms with E-state index in [1.807, 2.05) is 19.0 Å². The molecule has 0 aliphatic heterocycles. The molecule has 16 heavy (non-hydrogen) atoms. The number of nitrogens with zero attached hydrogens (tertiary/aromatic N) is 3. The number of aryl methyl sites for hydroxylation is 2. The summed E-state index contributed by atoms with van der Waals surface area (Å²) in [6.07, 6.45) is 0. The maximum absolute atomic E-state index is 11.7. The molecule has 0 bridgehead atoms. The number of hydrogen-bond donors (Lipinski definition) is 1. The highest BCUT2D eigenvalue weighted by atomic mass is 16.5. The van der Waals surface area contributed by atoms with Gasteiger partial charge in [-0.15, -0.1) is 0 Å². The van der Waals surface area contributed by atoms with Crippen LogP contribution >= 0.6 is 0 Å². The van der Waals surface area contributed by atoms with E-state index in [9.17, 15) is 4.79 Å². The molecule has 0 saturated heterocycles. The molecule has 0 aliphatic rings. The average Bonchev–Trinajstić information content (AvgIpc) is 2.40. The van der Waals surface area contributed by atoms with E-state index >= 15 is 0 Å². The number of likely N-dealkylation sites (N-methyl/N-ethyl adjacent to an activating group) is 1. The molecule has 0 radical (unpaired) electrons. The normalized spacial score (nSPS) is 10.8. The van der Waals surface area contributed by atoms with Crippen LogP contribution in [0, 0.1) is 6.92 Å². The summed E-state index contributed by atoms with van der Waals surface area (Å²) in [5.41, 5.74) is 7.08. The summed E-state index contributed by atoms with van der Waals surface area (Å²) < 4.78 is 6.54. The number of anilines is 1. The van der Waals surface area contributed by atoms with Crippen LogP contribution < -0.4 is 5.73 Å². The number of hydrogen-bond acceptors (Lipinski definition) is 5. The average molecular weight is 226 g/mol. The van der Waals surface area contributed by atoms with Crippen LogP contribution in [0.3, 0.4) is 0 Å². The first-order valence-corrected chi connectivity index (χ1v) is 5.04. The zero-order chi connectivity index (χ0) is 12.3. The molecule has 0 fully saturated rings. The summed E-state index contributed by atoms with van der Waals surface area (Å²) in [5.74, 6) is -0.428. The first-order chi connectivity index (χ1) is 7.43. The molecule has 1 rings (SSSR count). The summed E-state index contributed by atoms with van der Waals surface area (Å²) in [5, 5.41) is 4.06. The van der Waals surface area contributed by atoms with Crippen molar-refractivity contribution in [2.24, 2.45) is 7.05 Å². The van der Waals surface area contributed by atoms with E-state index in [-0.39, 0.29) is 0 Å². The van der Waals surface area contributed by atoms with Gasteiger partial charge in [-0.3, -0.25) is 4.68 Å². The monoisotopic (exact) mass is 226 g/mol. The quantitative estimate of drug-likeness (QED) is 0.733. The van der Waals surface area contributed by atoms with Gasteiger partial charge in [0.1, 0.15) is 6.61 Å². The predicted octanol–water partition coefficient (Wildman–Crippen LogP) is 0.0291. The summed E-state index contributed by atoms with van der Waals surface area (Å²) in [6.45, 7) is 2.78. The lowest BCUT2D eigenvalue weighted by molar-refractivity contribution is 0.0470. The molecule has 0 aliphatic carbocycles. The Labute approximate surface area is 95.0 Å². The van der Waals surface area contributed by atoms with Gasteiger partial charge in [0, 0.05) is 13.6 Å². The van der Waals surface area contributed by atoms with Crippen molar-refractivity contribution < 1.29 is 9.53 Å². The van der Waals surface area contributed by atoms with Gasteiger partial charge in [-0.1, -0.05) is 0 Å². The Morgan fingerprint density at radius 1 is 1.56 bits per heavy atom. The van der Waals surface area contributed by atoms with Crippen molar-refractivity contribution in [3.63, 3.8) is 0 Å². The Morgan fingerprint density at radius 3 is 2.62 bits per heavy atom. The zero-order valence-corrected chi connectivity index (χ0v) is 10.1. The van der Waals surface area contributed by atoms with Crippen LogP contribution in [0.1, 0.15) is 16.2 Å². The van der Waals surface area contributed by atoms with Crippen molar-refractivity contribution in [3.8, 4) is 0 Å². The number of carbonyl (C=O) groups is 1. The molecule has 0 unspecified atom stereocenters. The molecule has 6 nitrogen and oxygen atoms in total. The van der Waals surface area contributed by atoms with Gasteiger partial charge in [0.15, 0.2) is 5.69 Å². The van der Waals surface area contributed by atoms with Gasteiger partial charge >= 0.3 is 5.97 Å². The Kier molecular flexibility index (Phi) is 3.89. The molecule has 0 atom stereocenters. The van der Waals surface area contributed by atoms with Gasteiger partial charge in [0.05, 0.1) is 11.4 Å². The fraction of sp³-hybridized carbons (Fsp3) is 0.600. The van der Waals surface area contributed by atoms with Crippen molar-refractivity contribution in [3.05, 3.63) is 11.4 Å². The first-order valence-electron chi connectivity index (χ1n) is 5.04. The van der Waals surface area contributed by atoms with Crippen LogP contribution in [0.4, 0.5) is 5.69 Å². The highest BCUT2D eigenvalue weighted by Gasteiger charge is 2.18. The summed E-state index contributed by atoms with van der Waals surface area (Å²) in [4.78, 5) is 13.6. The molecule has 1 aromatic rings. The Hall–Kier alpha value is -1.56. The van der Waals surface area contributed by atoms with Gasteiger partial charge in [-0.2, -0.15) is 5.10 Å². The molecule has 1 aromatic heterocycles. The third-order valence-corrected chi connectivity index (χ3v) is 2.23. The maximum atomic E-state index is 11.7. The lowest BCUT2D eigenvalue weighted by atomic mass is 10.3. The van der Waals surface area contributed by atoms with Crippen LogP contribution in [0.5, 0.6) is 0 Å². The number of carbonyl (C=O) groups excluding carboxylic acids is 1. The number of nitrogen functional groups attached to an aromatic ring is 1. The lowest BCUT2D eigenvalue weighted by Crippen LogP contribution is -2.21. The molecule has 0 saturated carbocycles. The van der Waals surface area contributed by atoms with Crippen LogP contribution in [-0.4, -0.2) is 47.9 Å². The van der Waals surface area contributed by atoms with Crippen LogP contribution in [0.15, 0.2) is 0 Å². The SMILES string of the molecule is Cc1nn(C)c(C(=O)OCCN(C)C)c1N. The van der Waals surface area contributed by atoms with Crippen LogP contribution in [0.25, 0.3) is 0 Å². The highest BCUT2D eigenvalue weighted by Crippen LogP contribution is 2.15. The predicted molar refractivity (Wildman–Crippen MR) is 61.2 cm³/mol. The third kappa shape index (κ3) is 2.73. The van der Waals surface area contributed by atoms with Crippen molar-refractivity contribution in [1.29, 1.82) is 0 Å². The van der Waals surface area contributed by atoms with Gasteiger partial charge in [-0.25, -0.2) is 4.79 Å². The Balaban J connectivity index is 2.66. The number of esters is 1. The Morgan fingerprint density at radius 2 is 2.19 bits per heavy atom. The minimum absolute atomic E-state index is 0.316. The summed E-state index contributed by atoms with van der Waals surface area (Å²) >= 11 is 0. The minimum atomic E-state index is -0.428. The standard InChI is InChI=1S/C10H18N4O2/c1-7-8(11)9(14(4)12-7)10(15)16-6-5-13(2)3/h5-6,11H2,1-4H3. The van der Waals surface area contributed by atoms with E-state index < -0.39 is 5.97 Å². The fourth-order valence-corrected chi connectivity index (χ4v) is 1.31. The number of nitrogens with two attached hydrogens (primary N) is 1. The van der Waals surface area contributed by atoms with Crippen molar-refractivity contribution in [2.45, 2.75) is 6.92 Å². The molecular formula is C10H18N4O2. The minimum Gasteiger partial charge on any atom is -0.460 e. The molecule has 90 valence electrons. The number of ether oxygens (including phenoxy) is 1. The second-order valence-electron chi connectivity index (χ2n) is 3.91. The van der Waals surface area contributed by atoms with Crippen molar-refractivity contribution >= 4 is 11.7 Å². The molecule has 6 heteroatoms. The van der Waals surface area contributed by atoms with Crippen LogP contribution in [0.2, 0.25) is 0 Å². The Bertz CT molecular complexity index is 384. The van der Waals surface area contributed by atoms with E-state index in [1.54, 1.807) is 14.0 Å². The molecule has 0 amide bonds. The smallest absolute Gasteiger partial charge is 0.358 e. The van der Waals surface area contributed by atoms with E-state index in [4.69, 9.17) is 10.5 Å². The fourth-order valence-electron chi connectivity index (χ4n) is 1.31. The van der Waals surface area contributed by atoms with E-state index in [1.165, 1.54) is 4.68 Å². The number of aromatic nitrogens is 2. The van der Waals surface area contributed by atoms with E-state index in [0.717, 1.165) is 0 Å². The molecule has 2 N–H and O–H groups in total. The lowest BCUT2D eigenvalue weighted by Gasteiger charge is -2.10. The number of rotatable bonds is 4. The second kappa shape index (κ2) is 4.98. The van der Waals surface area contributed by atoms with Crippen molar-refractivity contribution in [2.75, 3.05) is 33.0 Å². The summed E-state index contributed by atoms with van der Waals surface area (Å²) in [6, 6.07) is 0. The molecular weight excluding hydrogens is 208 g/mol. The highest BCUT2D eigenvalue weighted by molar-refractivity contribution is 5.93. The first kappa shape index (κ1) is 12.5. The second-order valence-corrected chi connectivity index (χ2v) is 3.91. The molecule has 0 spiro atoms.